The highest BCUT2D eigenvalue weighted by molar-refractivity contribution is 6.17. The van der Waals surface area contributed by atoms with Crippen molar-refractivity contribution in [2.75, 3.05) is 12.4 Å². The monoisotopic (exact) mass is 313 g/mol. The molecule has 0 spiro atoms. The fraction of sp³-hybridized carbons (Fsp3) is 0.929. The highest BCUT2D eigenvalue weighted by Gasteiger charge is 2.42. The Kier molecular flexibility index (Phi) is 6.17. The second-order valence-corrected chi connectivity index (χ2v) is 6.79. The van der Waals surface area contributed by atoms with E-state index in [4.69, 9.17) is 11.6 Å². The minimum absolute atomic E-state index is 0.0622. The first-order chi connectivity index (χ1) is 9.15. The standard InChI is InChI=1S/C14H23ClF3NO/c1-13(2,7-8-15)9-19-12(20)10-3-5-11(6-4-10)14(16,17)18/h10-11H,3-9H2,1-2H3,(H,19,20). The molecule has 0 aliphatic heterocycles. The third-order valence-corrected chi connectivity index (χ3v) is 4.26. The van der Waals surface area contributed by atoms with Gasteiger partial charge in [-0.1, -0.05) is 13.8 Å². The van der Waals surface area contributed by atoms with Crippen molar-refractivity contribution in [1.82, 2.24) is 5.32 Å². The van der Waals surface area contributed by atoms with Gasteiger partial charge in [0.2, 0.25) is 5.91 Å². The molecule has 0 unspecified atom stereocenters. The molecule has 2 nitrogen and oxygen atoms in total. The smallest absolute Gasteiger partial charge is 0.355 e. The molecule has 0 radical (unpaired) electrons. The van der Waals surface area contributed by atoms with E-state index in [0.717, 1.165) is 6.42 Å². The molecular formula is C14H23ClF3NO. The first-order valence-corrected chi connectivity index (χ1v) is 7.59. The summed E-state index contributed by atoms with van der Waals surface area (Å²) < 4.78 is 37.6. The van der Waals surface area contributed by atoms with Gasteiger partial charge >= 0.3 is 6.18 Å². The normalized spacial score (nSPS) is 24.5. The summed E-state index contributed by atoms with van der Waals surface area (Å²) in [6.07, 6.45) is -2.56. The number of rotatable bonds is 5. The quantitative estimate of drug-likeness (QED) is 0.760. The molecule has 118 valence electrons. The molecule has 1 N–H and O–H groups in total. The van der Waals surface area contributed by atoms with Crippen molar-refractivity contribution in [3.63, 3.8) is 0 Å². The van der Waals surface area contributed by atoms with Crippen molar-refractivity contribution in [1.29, 1.82) is 0 Å². The molecule has 6 heteroatoms. The number of nitrogens with one attached hydrogen (secondary N) is 1. The Morgan fingerprint density at radius 3 is 2.20 bits per heavy atom. The molecule has 1 aliphatic rings. The lowest BCUT2D eigenvalue weighted by molar-refractivity contribution is -0.184. The molecule has 0 atom stereocenters. The molecule has 1 saturated carbocycles. The van der Waals surface area contributed by atoms with Crippen LogP contribution in [0.4, 0.5) is 13.2 Å². The predicted octanol–water partition coefficient (Wildman–Crippen LogP) is 4.13. The first kappa shape index (κ1) is 17.6. The summed E-state index contributed by atoms with van der Waals surface area (Å²) in [5.74, 6) is -1.10. The molecule has 0 heterocycles. The number of halogens is 4. The van der Waals surface area contributed by atoms with Gasteiger partial charge in [0, 0.05) is 18.3 Å². The van der Waals surface area contributed by atoms with Crippen molar-refractivity contribution in [2.24, 2.45) is 17.3 Å². The average Bonchev–Trinajstić information content (AvgIpc) is 2.35. The van der Waals surface area contributed by atoms with E-state index < -0.39 is 12.1 Å². The first-order valence-electron chi connectivity index (χ1n) is 7.06. The molecule has 1 rings (SSSR count). The van der Waals surface area contributed by atoms with Gasteiger partial charge in [-0.15, -0.1) is 11.6 Å². The van der Waals surface area contributed by atoms with Crippen molar-refractivity contribution in [3.8, 4) is 0 Å². The molecular weight excluding hydrogens is 291 g/mol. The molecule has 0 aromatic heterocycles. The zero-order valence-corrected chi connectivity index (χ0v) is 12.8. The van der Waals surface area contributed by atoms with Crippen molar-refractivity contribution in [3.05, 3.63) is 0 Å². The Hall–Kier alpha value is -0.450. The molecule has 0 saturated heterocycles. The van der Waals surface area contributed by atoms with Crippen LogP contribution in [-0.4, -0.2) is 24.5 Å². The van der Waals surface area contributed by atoms with Gasteiger partial charge in [0.25, 0.3) is 0 Å². The van der Waals surface area contributed by atoms with Crippen molar-refractivity contribution in [2.45, 2.75) is 52.1 Å². The maximum absolute atomic E-state index is 12.5. The zero-order chi connectivity index (χ0) is 15.4. The van der Waals surface area contributed by atoms with Crippen molar-refractivity contribution < 1.29 is 18.0 Å². The van der Waals surface area contributed by atoms with Crippen LogP contribution >= 0.6 is 11.6 Å². The third-order valence-electron chi connectivity index (χ3n) is 4.07. The summed E-state index contributed by atoms with van der Waals surface area (Å²) >= 11 is 5.69. The largest absolute Gasteiger partial charge is 0.391 e. The Balaban J connectivity index is 2.36. The number of carbonyl (C=O) groups is 1. The fourth-order valence-corrected chi connectivity index (χ4v) is 3.01. The summed E-state index contributed by atoms with van der Waals surface area (Å²) in [7, 11) is 0. The number of amides is 1. The molecule has 20 heavy (non-hydrogen) atoms. The van der Waals surface area contributed by atoms with Gasteiger partial charge in [-0.25, -0.2) is 0 Å². The van der Waals surface area contributed by atoms with E-state index in [1.165, 1.54) is 0 Å². The van der Waals surface area contributed by atoms with Crippen LogP contribution < -0.4 is 5.32 Å². The molecule has 0 aromatic carbocycles. The maximum Gasteiger partial charge on any atom is 0.391 e. The predicted molar refractivity (Wildman–Crippen MR) is 73.6 cm³/mol. The second-order valence-electron chi connectivity index (χ2n) is 6.41. The highest BCUT2D eigenvalue weighted by atomic mass is 35.5. The Morgan fingerprint density at radius 2 is 1.75 bits per heavy atom. The van der Waals surface area contributed by atoms with Crippen LogP contribution in [0.2, 0.25) is 0 Å². The highest BCUT2D eigenvalue weighted by Crippen LogP contribution is 2.39. The van der Waals surface area contributed by atoms with Crippen LogP contribution in [0.25, 0.3) is 0 Å². The van der Waals surface area contributed by atoms with E-state index in [0.29, 0.717) is 25.3 Å². The lowest BCUT2D eigenvalue weighted by atomic mass is 9.81. The van der Waals surface area contributed by atoms with E-state index in [2.05, 4.69) is 5.32 Å². The average molecular weight is 314 g/mol. The Labute approximate surface area is 123 Å². The fourth-order valence-electron chi connectivity index (χ4n) is 2.50. The topological polar surface area (TPSA) is 29.1 Å². The summed E-state index contributed by atoms with van der Waals surface area (Å²) in [6.45, 7) is 4.53. The molecule has 1 fully saturated rings. The number of hydrogen-bond acceptors (Lipinski definition) is 1. The lowest BCUT2D eigenvalue weighted by Gasteiger charge is -2.30. The number of alkyl halides is 4. The second kappa shape index (κ2) is 7.01. The van der Waals surface area contributed by atoms with E-state index in [1.807, 2.05) is 13.8 Å². The third kappa shape index (κ3) is 5.51. The van der Waals surface area contributed by atoms with Gasteiger partial charge in [0.05, 0.1) is 5.92 Å². The van der Waals surface area contributed by atoms with Gasteiger partial charge in [0.1, 0.15) is 0 Å². The summed E-state index contributed by atoms with van der Waals surface area (Å²) in [6, 6.07) is 0. The minimum atomic E-state index is -4.12. The molecule has 0 bridgehead atoms. The van der Waals surface area contributed by atoms with Crippen LogP contribution in [0, 0.1) is 17.3 Å². The summed E-state index contributed by atoms with van der Waals surface area (Å²) in [5, 5.41) is 2.85. The maximum atomic E-state index is 12.5. The van der Waals surface area contributed by atoms with Crippen LogP contribution in [0.15, 0.2) is 0 Å². The zero-order valence-electron chi connectivity index (χ0n) is 12.0. The van der Waals surface area contributed by atoms with Crippen LogP contribution in [0.5, 0.6) is 0 Å². The number of carbonyl (C=O) groups excluding carboxylic acids is 1. The Morgan fingerprint density at radius 1 is 1.20 bits per heavy atom. The van der Waals surface area contributed by atoms with E-state index in [-0.39, 0.29) is 30.1 Å². The molecule has 0 aromatic rings. The van der Waals surface area contributed by atoms with Crippen LogP contribution in [0.1, 0.15) is 46.0 Å². The molecule has 1 aliphatic carbocycles. The summed E-state index contributed by atoms with van der Waals surface area (Å²) in [5.41, 5.74) is -0.0828. The van der Waals surface area contributed by atoms with Crippen LogP contribution in [0.3, 0.4) is 0 Å². The Bertz CT molecular complexity index is 323. The molecule has 1 amide bonds. The van der Waals surface area contributed by atoms with E-state index in [1.54, 1.807) is 0 Å². The van der Waals surface area contributed by atoms with Gasteiger partial charge in [-0.2, -0.15) is 13.2 Å². The van der Waals surface area contributed by atoms with E-state index >= 15 is 0 Å². The van der Waals surface area contributed by atoms with Crippen molar-refractivity contribution >= 4 is 17.5 Å². The van der Waals surface area contributed by atoms with Gasteiger partial charge in [-0.05, 0) is 37.5 Å². The summed E-state index contributed by atoms with van der Waals surface area (Å²) in [4.78, 5) is 12.0. The van der Waals surface area contributed by atoms with Crippen LogP contribution in [-0.2, 0) is 4.79 Å². The van der Waals surface area contributed by atoms with Gasteiger partial charge in [0.15, 0.2) is 0 Å². The van der Waals surface area contributed by atoms with Gasteiger partial charge < -0.3 is 5.32 Å². The lowest BCUT2D eigenvalue weighted by Crippen LogP contribution is -2.40. The number of hydrogen-bond donors (Lipinski definition) is 1. The van der Waals surface area contributed by atoms with Gasteiger partial charge in [-0.3, -0.25) is 4.79 Å². The van der Waals surface area contributed by atoms with E-state index in [9.17, 15) is 18.0 Å². The SMILES string of the molecule is CC(C)(CCCl)CNC(=O)C1CCC(C(F)(F)F)CC1. The minimum Gasteiger partial charge on any atom is -0.355 e.